The second kappa shape index (κ2) is 13.1. The SMILES string of the molecule is O=C(NCc1ccc([C@@H]2O[C@H](CN3CCC[C@H]3CO)C[C@H](c3ccc(CO)cc3)O2)cc1)c1cnc2ccccc2n1. The zero-order valence-corrected chi connectivity index (χ0v) is 23.4. The van der Waals surface area contributed by atoms with Crippen molar-refractivity contribution in [2.75, 3.05) is 19.7 Å². The summed E-state index contributed by atoms with van der Waals surface area (Å²) in [7, 11) is 0. The Bertz CT molecular complexity index is 1500. The first-order chi connectivity index (χ1) is 20.6. The van der Waals surface area contributed by atoms with Crippen LogP contribution in [-0.4, -0.2) is 62.8 Å². The minimum Gasteiger partial charge on any atom is -0.395 e. The number of hydrogen-bond donors (Lipinski definition) is 3. The van der Waals surface area contributed by atoms with Crippen molar-refractivity contribution in [2.24, 2.45) is 0 Å². The van der Waals surface area contributed by atoms with E-state index in [0.29, 0.717) is 18.5 Å². The molecule has 1 amide bonds. The maximum atomic E-state index is 12.7. The number of rotatable bonds is 9. The van der Waals surface area contributed by atoms with Crippen LogP contribution in [0.5, 0.6) is 0 Å². The molecule has 3 N–H and O–H groups in total. The van der Waals surface area contributed by atoms with E-state index in [1.54, 1.807) is 0 Å². The molecule has 0 saturated carbocycles. The van der Waals surface area contributed by atoms with E-state index in [4.69, 9.17) is 9.47 Å². The minimum absolute atomic E-state index is 0.000133. The Balaban J connectivity index is 1.13. The van der Waals surface area contributed by atoms with Crippen molar-refractivity contribution < 1.29 is 24.5 Å². The zero-order valence-electron chi connectivity index (χ0n) is 23.4. The maximum absolute atomic E-state index is 12.7. The molecule has 6 rings (SSSR count). The van der Waals surface area contributed by atoms with Gasteiger partial charge in [0.15, 0.2) is 6.29 Å². The lowest BCUT2D eigenvalue weighted by molar-refractivity contribution is -0.253. The highest BCUT2D eigenvalue weighted by atomic mass is 16.7. The number of likely N-dealkylation sites (tertiary alicyclic amines) is 1. The van der Waals surface area contributed by atoms with Crippen molar-refractivity contribution in [3.8, 4) is 0 Å². The van der Waals surface area contributed by atoms with E-state index in [-0.39, 0.29) is 43.1 Å². The number of nitrogens with one attached hydrogen (secondary N) is 1. The number of aliphatic hydroxyl groups is 2. The van der Waals surface area contributed by atoms with Gasteiger partial charge in [0.2, 0.25) is 0 Å². The molecule has 2 aliphatic rings. The molecule has 0 radical (unpaired) electrons. The normalized spacial score (nSPS) is 22.8. The molecule has 4 aromatic rings. The molecular formula is C33H36N4O5. The summed E-state index contributed by atoms with van der Waals surface area (Å²) in [6.07, 6.45) is 3.48. The van der Waals surface area contributed by atoms with Gasteiger partial charge in [-0.15, -0.1) is 0 Å². The Morgan fingerprint density at radius 3 is 2.43 bits per heavy atom. The Morgan fingerprint density at radius 1 is 0.929 bits per heavy atom. The van der Waals surface area contributed by atoms with Crippen molar-refractivity contribution in [2.45, 2.75) is 57.0 Å². The Kier molecular flexibility index (Phi) is 8.83. The van der Waals surface area contributed by atoms with Crippen molar-refractivity contribution in [3.63, 3.8) is 0 Å². The van der Waals surface area contributed by atoms with Gasteiger partial charge in [-0.3, -0.25) is 14.7 Å². The average molecular weight is 569 g/mol. The lowest BCUT2D eigenvalue weighted by atomic mass is 9.99. The van der Waals surface area contributed by atoms with Crippen molar-refractivity contribution >= 4 is 16.9 Å². The number of benzene rings is 3. The van der Waals surface area contributed by atoms with Crippen LogP contribution in [0.4, 0.5) is 0 Å². The summed E-state index contributed by atoms with van der Waals surface area (Å²) in [5.41, 5.74) is 5.44. The van der Waals surface area contributed by atoms with Gasteiger partial charge in [-0.05, 0) is 48.2 Å². The van der Waals surface area contributed by atoms with Gasteiger partial charge in [-0.2, -0.15) is 0 Å². The molecule has 0 spiro atoms. The molecule has 0 bridgehead atoms. The molecule has 2 saturated heterocycles. The second-order valence-electron chi connectivity index (χ2n) is 11.0. The van der Waals surface area contributed by atoms with Crippen LogP contribution in [0.25, 0.3) is 11.0 Å². The topological polar surface area (TPSA) is 117 Å². The number of nitrogens with zero attached hydrogens (tertiary/aromatic N) is 3. The van der Waals surface area contributed by atoms with E-state index in [1.165, 1.54) is 6.20 Å². The van der Waals surface area contributed by atoms with Crippen molar-refractivity contribution in [1.29, 1.82) is 0 Å². The van der Waals surface area contributed by atoms with Crippen molar-refractivity contribution in [1.82, 2.24) is 20.2 Å². The predicted molar refractivity (Wildman–Crippen MR) is 157 cm³/mol. The standard InChI is InChI=1S/C33H36N4O5/c38-20-23-9-11-24(12-10-23)31-16-27(19-37-15-3-4-26(37)21-39)41-33(42-31)25-13-7-22(8-14-25)17-35-32(40)30-18-34-28-5-1-2-6-29(28)36-30/h1-2,5-14,18,26-27,31,33,38-39H,3-4,15-17,19-21H2,(H,35,40)/t26-,27-,31+,33+/m0/s1. The number of amides is 1. The van der Waals surface area contributed by atoms with Gasteiger partial charge in [-0.25, -0.2) is 4.98 Å². The molecule has 4 atom stereocenters. The highest BCUT2D eigenvalue weighted by molar-refractivity contribution is 5.93. The predicted octanol–water partition coefficient (Wildman–Crippen LogP) is 4.05. The monoisotopic (exact) mass is 568 g/mol. The molecule has 0 aliphatic carbocycles. The van der Waals surface area contributed by atoms with E-state index >= 15 is 0 Å². The van der Waals surface area contributed by atoms with E-state index in [2.05, 4.69) is 20.2 Å². The number of aromatic nitrogens is 2. The third kappa shape index (κ3) is 6.51. The molecule has 218 valence electrons. The lowest BCUT2D eigenvalue weighted by Crippen LogP contribution is -2.42. The fraction of sp³-hybridized carbons (Fsp3) is 0.364. The van der Waals surface area contributed by atoms with Gasteiger partial charge < -0.3 is 25.0 Å². The number of carbonyl (C=O) groups excluding carboxylic acids is 1. The van der Waals surface area contributed by atoms with Gasteiger partial charge >= 0.3 is 0 Å². The first-order valence-electron chi connectivity index (χ1n) is 14.5. The van der Waals surface area contributed by atoms with E-state index in [1.807, 2.05) is 72.8 Å². The summed E-state index contributed by atoms with van der Waals surface area (Å²) in [5.74, 6) is -0.280. The van der Waals surface area contributed by atoms with Gasteiger partial charge in [0.25, 0.3) is 5.91 Å². The summed E-state index contributed by atoms with van der Waals surface area (Å²) >= 11 is 0. The van der Waals surface area contributed by atoms with E-state index < -0.39 is 6.29 Å². The van der Waals surface area contributed by atoms with E-state index in [9.17, 15) is 15.0 Å². The number of hydrogen-bond acceptors (Lipinski definition) is 8. The Hall–Kier alpha value is -3.73. The molecule has 42 heavy (non-hydrogen) atoms. The molecule has 9 heteroatoms. The maximum Gasteiger partial charge on any atom is 0.271 e. The van der Waals surface area contributed by atoms with Crippen molar-refractivity contribution in [3.05, 3.63) is 107 Å². The first-order valence-corrected chi connectivity index (χ1v) is 14.5. The molecule has 1 aromatic heterocycles. The molecule has 3 aromatic carbocycles. The van der Waals surface area contributed by atoms with Crippen LogP contribution < -0.4 is 5.32 Å². The summed E-state index contributed by atoms with van der Waals surface area (Å²) in [6.45, 7) is 2.19. The Morgan fingerprint density at radius 2 is 1.67 bits per heavy atom. The van der Waals surface area contributed by atoms with Gasteiger partial charge in [0, 0.05) is 31.1 Å². The van der Waals surface area contributed by atoms with Crippen LogP contribution in [0.1, 0.15) is 64.4 Å². The first kappa shape index (κ1) is 28.4. The zero-order chi connectivity index (χ0) is 28.9. The molecule has 0 unspecified atom stereocenters. The fourth-order valence-electron chi connectivity index (χ4n) is 5.77. The highest BCUT2D eigenvalue weighted by Gasteiger charge is 2.35. The van der Waals surface area contributed by atoms with Crippen LogP contribution in [0.3, 0.4) is 0 Å². The highest BCUT2D eigenvalue weighted by Crippen LogP contribution is 2.38. The second-order valence-corrected chi connectivity index (χ2v) is 11.0. The summed E-state index contributed by atoms with van der Waals surface area (Å²) in [5, 5.41) is 22.2. The van der Waals surface area contributed by atoms with Crippen LogP contribution >= 0.6 is 0 Å². The summed E-state index contributed by atoms with van der Waals surface area (Å²) in [4.78, 5) is 23.8. The van der Waals surface area contributed by atoms with Crippen LogP contribution in [0, 0.1) is 0 Å². The van der Waals surface area contributed by atoms with Gasteiger partial charge in [0.1, 0.15) is 5.69 Å². The molecule has 2 fully saturated rings. The van der Waals surface area contributed by atoms with E-state index in [0.717, 1.165) is 53.7 Å². The largest absolute Gasteiger partial charge is 0.395 e. The summed E-state index contributed by atoms with van der Waals surface area (Å²) < 4.78 is 13.0. The third-order valence-corrected chi connectivity index (χ3v) is 8.15. The quantitative estimate of drug-likeness (QED) is 0.277. The number of para-hydroxylation sites is 2. The molecule has 2 aliphatic heterocycles. The van der Waals surface area contributed by atoms with Gasteiger partial charge in [0.05, 0.1) is 42.7 Å². The summed E-state index contributed by atoms with van der Waals surface area (Å²) in [6, 6.07) is 23.4. The average Bonchev–Trinajstić information content (AvgIpc) is 3.50. The van der Waals surface area contributed by atoms with Crippen LogP contribution in [-0.2, 0) is 22.6 Å². The number of carbonyl (C=O) groups is 1. The number of ether oxygens (including phenoxy) is 2. The third-order valence-electron chi connectivity index (χ3n) is 8.15. The molecule has 3 heterocycles. The van der Waals surface area contributed by atoms with Crippen LogP contribution in [0.2, 0.25) is 0 Å². The van der Waals surface area contributed by atoms with Crippen LogP contribution in [0.15, 0.2) is 79.0 Å². The number of fused-ring (bicyclic) bond motifs is 1. The minimum atomic E-state index is -0.557. The fourth-order valence-corrected chi connectivity index (χ4v) is 5.77. The Labute approximate surface area is 245 Å². The smallest absolute Gasteiger partial charge is 0.271 e. The molecule has 9 nitrogen and oxygen atoms in total. The molecular weight excluding hydrogens is 532 g/mol. The number of aliphatic hydroxyl groups excluding tert-OH is 2. The lowest BCUT2D eigenvalue weighted by Gasteiger charge is -2.38. The van der Waals surface area contributed by atoms with Gasteiger partial charge in [-0.1, -0.05) is 60.7 Å².